The Kier molecular flexibility index (Phi) is 5.98. The number of carbonyl (C=O) groups excluding carboxylic acids is 1. The van der Waals surface area contributed by atoms with E-state index in [1.54, 1.807) is 30.1 Å². The van der Waals surface area contributed by atoms with E-state index in [1.807, 2.05) is 37.3 Å². The van der Waals surface area contributed by atoms with Crippen LogP contribution in [0.4, 0.5) is 4.39 Å². The minimum Gasteiger partial charge on any atom is -0.325 e. The SMILES string of the molecule is Cc1ccc(-c2cnn(C)c2-c2c(F)cc3ccccc3c2C#N)cc1/C(CN)=N\NC=O. The first-order chi connectivity index (χ1) is 16.0. The van der Waals surface area contributed by atoms with Crippen LogP contribution in [0.25, 0.3) is 33.2 Å². The summed E-state index contributed by atoms with van der Waals surface area (Å²) in [5, 5.41) is 19.7. The molecule has 0 atom stereocenters. The highest BCUT2D eigenvalue weighted by atomic mass is 19.1. The Balaban J connectivity index is 1.97. The van der Waals surface area contributed by atoms with Crippen molar-refractivity contribution in [1.82, 2.24) is 15.2 Å². The van der Waals surface area contributed by atoms with Crippen LogP contribution >= 0.6 is 0 Å². The van der Waals surface area contributed by atoms with Gasteiger partial charge in [-0.3, -0.25) is 9.48 Å². The fraction of sp³-hybridized carbons (Fsp3) is 0.120. The van der Waals surface area contributed by atoms with Crippen LogP contribution in [0, 0.1) is 24.1 Å². The third-order valence-electron chi connectivity index (χ3n) is 5.59. The van der Waals surface area contributed by atoms with E-state index < -0.39 is 5.82 Å². The number of fused-ring (bicyclic) bond motifs is 1. The number of rotatable bonds is 6. The largest absolute Gasteiger partial charge is 0.325 e. The number of benzene rings is 3. The smallest absolute Gasteiger partial charge is 0.227 e. The number of amides is 1. The molecule has 3 N–H and O–H groups in total. The maximum absolute atomic E-state index is 15.4. The summed E-state index contributed by atoms with van der Waals surface area (Å²) in [6, 6.07) is 16.5. The van der Waals surface area contributed by atoms with Crippen LogP contribution in [0.15, 0.2) is 59.8 Å². The zero-order valence-corrected chi connectivity index (χ0v) is 18.1. The van der Waals surface area contributed by atoms with E-state index in [2.05, 4.69) is 21.7 Å². The van der Waals surface area contributed by atoms with Gasteiger partial charge >= 0.3 is 0 Å². The molecule has 0 aliphatic carbocycles. The van der Waals surface area contributed by atoms with Gasteiger partial charge in [-0.15, -0.1) is 0 Å². The molecule has 0 aliphatic rings. The molecule has 0 fully saturated rings. The molecule has 3 aromatic carbocycles. The van der Waals surface area contributed by atoms with Crippen LogP contribution in [0.5, 0.6) is 0 Å². The normalized spacial score (nSPS) is 11.4. The Labute approximate surface area is 189 Å². The number of nitrogens with two attached hydrogens (primary N) is 1. The van der Waals surface area contributed by atoms with Crippen molar-refractivity contribution in [3.05, 3.63) is 77.2 Å². The average Bonchev–Trinajstić information content (AvgIpc) is 3.20. The van der Waals surface area contributed by atoms with Crippen molar-refractivity contribution >= 4 is 22.9 Å². The Morgan fingerprint density at radius 2 is 2.09 bits per heavy atom. The molecule has 4 aromatic rings. The van der Waals surface area contributed by atoms with Crippen molar-refractivity contribution in [2.45, 2.75) is 6.92 Å². The molecule has 0 saturated heterocycles. The predicted molar refractivity (Wildman–Crippen MR) is 126 cm³/mol. The van der Waals surface area contributed by atoms with Crippen LogP contribution in [-0.4, -0.2) is 28.4 Å². The molecule has 0 unspecified atom stereocenters. The number of nitrogens with zero attached hydrogens (tertiary/aromatic N) is 4. The summed E-state index contributed by atoms with van der Waals surface area (Å²) in [4.78, 5) is 10.7. The predicted octanol–water partition coefficient (Wildman–Crippen LogP) is 3.64. The number of aryl methyl sites for hydroxylation is 2. The van der Waals surface area contributed by atoms with E-state index in [0.717, 1.165) is 16.7 Å². The van der Waals surface area contributed by atoms with Gasteiger partial charge in [0.15, 0.2) is 0 Å². The monoisotopic (exact) mass is 440 g/mol. The second-order valence-electron chi connectivity index (χ2n) is 7.51. The van der Waals surface area contributed by atoms with Gasteiger partial charge in [0.05, 0.1) is 28.7 Å². The summed E-state index contributed by atoms with van der Waals surface area (Å²) in [5.74, 6) is -0.498. The van der Waals surface area contributed by atoms with Gasteiger partial charge in [-0.25, -0.2) is 9.82 Å². The molecule has 0 spiro atoms. The molecular weight excluding hydrogens is 419 g/mol. The van der Waals surface area contributed by atoms with Crippen LogP contribution in [-0.2, 0) is 11.8 Å². The van der Waals surface area contributed by atoms with Crippen LogP contribution < -0.4 is 11.2 Å². The first kappa shape index (κ1) is 21.9. The van der Waals surface area contributed by atoms with Crippen molar-refractivity contribution < 1.29 is 9.18 Å². The first-order valence-electron chi connectivity index (χ1n) is 10.2. The fourth-order valence-electron chi connectivity index (χ4n) is 4.03. The van der Waals surface area contributed by atoms with Gasteiger partial charge in [0.25, 0.3) is 0 Å². The number of carbonyl (C=O) groups is 1. The summed E-state index contributed by atoms with van der Waals surface area (Å²) in [5.41, 5.74) is 12.6. The maximum atomic E-state index is 15.4. The van der Waals surface area contributed by atoms with E-state index in [0.29, 0.717) is 34.2 Å². The van der Waals surface area contributed by atoms with Crippen LogP contribution in [0.3, 0.4) is 0 Å². The summed E-state index contributed by atoms with van der Waals surface area (Å²) in [7, 11) is 1.71. The number of hydrogen-bond acceptors (Lipinski definition) is 5. The van der Waals surface area contributed by atoms with Gasteiger partial charge in [0.1, 0.15) is 11.9 Å². The van der Waals surface area contributed by atoms with E-state index in [-0.39, 0.29) is 17.7 Å². The topological polar surface area (TPSA) is 109 Å². The summed E-state index contributed by atoms with van der Waals surface area (Å²) >= 11 is 0. The van der Waals surface area contributed by atoms with E-state index in [9.17, 15) is 10.1 Å². The second-order valence-corrected chi connectivity index (χ2v) is 7.51. The Morgan fingerprint density at radius 1 is 1.30 bits per heavy atom. The lowest BCUT2D eigenvalue weighted by Gasteiger charge is -2.14. The van der Waals surface area contributed by atoms with E-state index >= 15 is 4.39 Å². The number of nitriles is 1. The quantitative estimate of drug-likeness (QED) is 0.271. The van der Waals surface area contributed by atoms with Crippen molar-refractivity contribution in [3.8, 4) is 28.5 Å². The van der Waals surface area contributed by atoms with Gasteiger partial charge in [0, 0.05) is 30.1 Å². The van der Waals surface area contributed by atoms with Crippen LogP contribution in [0.2, 0.25) is 0 Å². The number of hydrogen-bond donors (Lipinski definition) is 2. The molecule has 0 radical (unpaired) electrons. The number of hydrazone groups is 1. The minimum atomic E-state index is -0.498. The number of nitrogens with one attached hydrogen (secondary N) is 1. The van der Waals surface area contributed by atoms with Gasteiger partial charge in [-0.05, 0) is 35.6 Å². The molecule has 7 nitrogen and oxygen atoms in total. The van der Waals surface area contributed by atoms with Gasteiger partial charge in [0.2, 0.25) is 6.41 Å². The zero-order chi connectivity index (χ0) is 23.5. The fourth-order valence-corrected chi connectivity index (χ4v) is 4.03. The van der Waals surface area contributed by atoms with Gasteiger partial charge in [-0.1, -0.05) is 36.4 Å². The molecule has 0 bridgehead atoms. The molecule has 1 aromatic heterocycles. The maximum Gasteiger partial charge on any atom is 0.227 e. The van der Waals surface area contributed by atoms with Gasteiger partial charge < -0.3 is 5.73 Å². The Hall–Kier alpha value is -4.35. The summed E-state index contributed by atoms with van der Waals surface area (Å²) < 4.78 is 17.0. The van der Waals surface area contributed by atoms with Crippen molar-refractivity contribution in [1.29, 1.82) is 5.26 Å². The van der Waals surface area contributed by atoms with Crippen molar-refractivity contribution in [3.63, 3.8) is 0 Å². The third kappa shape index (κ3) is 3.86. The third-order valence-corrected chi connectivity index (χ3v) is 5.59. The van der Waals surface area contributed by atoms with Gasteiger partial charge in [-0.2, -0.15) is 15.5 Å². The Bertz CT molecular complexity index is 1450. The van der Waals surface area contributed by atoms with Crippen molar-refractivity contribution in [2.75, 3.05) is 6.54 Å². The van der Waals surface area contributed by atoms with E-state index in [4.69, 9.17) is 5.73 Å². The molecule has 0 saturated carbocycles. The average molecular weight is 440 g/mol. The number of aromatic nitrogens is 2. The molecule has 164 valence electrons. The zero-order valence-electron chi connectivity index (χ0n) is 18.1. The van der Waals surface area contributed by atoms with Crippen molar-refractivity contribution in [2.24, 2.45) is 17.9 Å². The van der Waals surface area contributed by atoms with Crippen LogP contribution in [0.1, 0.15) is 16.7 Å². The number of halogens is 1. The standard InChI is InChI=1S/C25H21FN6O/c1-15-7-8-17(9-19(15)23(12-28)31-29-14-33)21-13-30-32(2)25(21)24-20(11-27)18-6-4-3-5-16(18)10-22(24)26/h3-10,13-14H,12,28H2,1-2H3,(H,29,33)/b31-23-. The highest BCUT2D eigenvalue weighted by Gasteiger charge is 2.23. The molecule has 1 heterocycles. The summed E-state index contributed by atoms with van der Waals surface area (Å²) in [6.45, 7) is 2.02. The molecule has 8 heteroatoms. The lowest BCUT2D eigenvalue weighted by atomic mass is 9.92. The molecule has 0 aliphatic heterocycles. The van der Waals surface area contributed by atoms with E-state index in [1.165, 1.54) is 6.07 Å². The molecular formula is C25H21FN6O. The molecule has 1 amide bonds. The second kappa shape index (κ2) is 9.02. The highest BCUT2D eigenvalue weighted by molar-refractivity contribution is 6.04. The highest BCUT2D eigenvalue weighted by Crippen LogP contribution is 2.38. The Morgan fingerprint density at radius 3 is 2.82 bits per heavy atom. The minimum absolute atomic E-state index is 0.114. The first-order valence-corrected chi connectivity index (χ1v) is 10.2. The summed E-state index contributed by atoms with van der Waals surface area (Å²) in [6.07, 6.45) is 2.11. The lowest BCUT2D eigenvalue weighted by molar-refractivity contribution is -0.109. The lowest BCUT2D eigenvalue weighted by Crippen LogP contribution is -2.20. The molecule has 4 rings (SSSR count). The molecule has 33 heavy (non-hydrogen) atoms.